The Morgan fingerprint density at radius 1 is 1.42 bits per heavy atom. The van der Waals surface area contributed by atoms with Crippen LogP contribution in [0.3, 0.4) is 0 Å². The van der Waals surface area contributed by atoms with Gasteiger partial charge in [0.15, 0.2) is 5.82 Å². The van der Waals surface area contributed by atoms with E-state index in [2.05, 4.69) is 10.3 Å². The average molecular weight is 170 g/mol. The minimum atomic E-state index is 0.263. The van der Waals surface area contributed by atoms with E-state index in [0.29, 0.717) is 5.82 Å². The van der Waals surface area contributed by atoms with Crippen LogP contribution in [0.15, 0.2) is 6.20 Å². The summed E-state index contributed by atoms with van der Waals surface area (Å²) in [7, 11) is 0. The molecule has 0 bridgehead atoms. The number of aromatic nitrogens is 3. The summed E-state index contributed by atoms with van der Waals surface area (Å²) in [5.41, 5.74) is 5.37. The molecule has 0 aliphatic carbocycles. The Morgan fingerprint density at radius 3 is 2.83 bits per heavy atom. The second-order valence-electron chi connectivity index (χ2n) is 2.69. The molecule has 0 aliphatic rings. The molecule has 0 saturated carbocycles. The topological polar surface area (TPSA) is 77.0 Å². The summed E-state index contributed by atoms with van der Waals surface area (Å²) >= 11 is 0. The molecule has 0 radical (unpaired) electrons. The molecule has 0 unspecified atom stereocenters. The van der Waals surface area contributed by atoms with Crippen molar-refractivity contribution in [3.05, 3.63) is 6.20 Å². The van der Waals surface area contributed by atoms with E-state index >= 15 is 0 Å². The predicted molar refractivity (Wildman–Crippen MR) is 45.4 cm³/mol. The van der Waals surface area contributed by atoms with Crippen molar-refractivity contribution in [1.29, 1.82) is 0 Å². The lowest BCUT2D eigenvalue weighted by Crippen LogP contribution is -1.99. The summed E-state index contributed by atoms with van der Waals surface area (Å²) in [6.45, 7) is 1.09. The zero-order chi connectivity index (χ0) is 8.81. The van der Waals surface area contributed by atoms with Gasteiger partial charge in [0, 0.05) is 13.2 Å². The summed E-state index contributed by atoms with van der Waals surface area (Å²) < 4.78 is 1.71. The molecular weight excluding hydrogens is 156 g/mol. The van der Waals surface area contributed by atoms with Gasteiger partial charge in [0.05, 0.1) is 6.20 Å². The molecule has 0 spiro atoms. The number of aryl methyl sites for hydroxylation is 1. The number of unbranched alkanes of at least 4 members (excludes halogenated alkanes) is 2. The zero-order valence-electron chi connectivity index (χ0n) is 6.98. The van der Waals surface area contributed by atoms with Crippen molar-refractivity contribution in [2.24, 2.45) is 0 Å². The SMILES string of the molecule is Nc1cn(CCCCCO)nn1. The summed E-state index contributed by atoms with van der Waals surface area (Å²) in [5, 5.41) is 16.0. The zero-order valence-corrected chi connectivity index (χ0v) is 6.98. The van der Waals surface area contributed by atoms with Gasteiger partial charge in [-0.25, -0.2) is 0 Å². The Labute approximate surface area is 71.2 Å². The molecule has 12 heavy (non-hydrogen) atoms. The average Bonchev–Trinajstić information content (AvgIpc) is 2.45. The van der Waals surface area contributed by atoms with Crippen LogP contribution in [-0.4, -0.2) is 26.7 Å². The molecule has 3 N–H and O–H groups in total. The van der Waals surface area contributed by atoms with Crippen LogP contribution in [-0.2, 0) is 6.54 Å². The third kappa shape index (κ3) is 2.87. The van der Waals surface area contributed by atoms with Gasteiger partial charge in [0.25, 0.3) is 0 Å². The quantitative estimate of drug-likeness (QED) is 0.611. The molecule has 1 aromatic heterocycles. The van der Waals surface area contributed by atoms with Crippen LogP contribution in [0.1, 0.15) is 19.3 Å². The van der Waals surface area contributed by atoms with Gasteiger partial charge >= 0.3 is 0 Å². The standard InChI is InChI=1S/C7H14N4O/c8-7-6-11(10-9-7)4-2-1-3-5-12/h6,12H,1-5,8H2. The monoisotopic (exact) mass is 170 g/mol. The Kier molecular flexibility index (Phi) is 3.53. The van der Waals surface area contributed by atoms with E-state index in [1.807, 2.05) is 0 Å². The third-order valence-electron chi connectivity index (χ3n) is 1.60. The number of rotatable bonds is 5. The molecule has 0 amide bonds. The number of nitrogens with two attached hydrogens (primary N) is 1. The molecule has 0 aliphatic heterocycles. The smallest absolute Gasteiger partial charge is 0.165 e. The van der Waals surface area contributed by atoms with E-state index in [9.17, 15) is 0 Å². The first-order chi connectivity index (χ1) is 5.83. The highest BCUT2D eigenvalue weighted by atomic mass is 16.2. The molecule has 68 valence electrons. The van der Waals surface area contributed by atoms with E-state index in [-0.39, 0.29) is 6.61 Å². The fraction of sp³-hybridized carbons (Fsp3) is 0.714. The molecule has 0 saturated heterocycles. The van der Waals surface area contributed by atoms with Gasteiger partial charge in [0.2, 0.25) is 0 Å². The van der Waals surface area contributed by atoms with Crippen molar-refractivity contribution in [3.8, 4) is 0 Å². The van der Waals surface area contributed by atoms with Crippen molar-refractivity contribution >= 4 is 5.82 Å². The molecule has 1 aromatic rings. The van der Waals surface area contributed by atoms with Crippen molar-refractivity contribution in [2.45, 2.75) is 25.8 Å². The Morgan fingerprint density at radius 2 is 2.25 bits per heavy atom. The van der Waals surface area contributed by atoms with Gasteiger partial charge in [-0.05, 0) is 19.3 Å². The highest BCUT2D eigenvalue weighted by Gasteiger charge is 1.94. The van der Waals surface area contributed by atoms with E-state index in [1.54, 1.807) is 10.9 Å². The Balaban J connectivity index is 2.15. The number of hydrogen-bond donors (Lipinski definition) is 2. The van der Waals surface area contributed by atoms with Gasteiger partial charge in [-0.1, -0.05) is 5.21 Å². The van der Waals surface area contributed by atoms with Gasteiger partial charge in [-0.2, -0.15) is 0 Å². The number of aliphatic hydroxyl groups is 1. The Bertz CT molecular complexity index is 223. The fourth-order valence-electron chi connectivity index (χ4n) is 0.985. The lowest BCUT2D eigenvalue weighted by atomic mass is 10.2. The number of nitrogens with zero attached hydrogens (tertiary/aromatic N) is 3. The number of aliphatic hydroxyl groups excluding tert-OH is 1. The molecule has 0 aromatic carbocycles. The van der Waals surface area contributed by atoms with Crippen LogP contribution in [0.2, 0.25) is 0 Å². The van der Waals surface area contributed by atoms with Crippen LogP contribution >= 0.6 is 0 Å². The first kappa shape index (κ1) is 8.99. The van der Waals surface area contributed by atoms with Crippen LogP contribution in [0.25, 0.3) is 0 Å². The fourth-order valence-corrected chi connectivity index (χ4v) is 0.985. The summed E-state index contributed by atoms with van der Waals surface area (Å²) in [6.07, 6.45) is 4.57. The van der Waals surface area contributed by atoms with Crippen molar-refractivity contribution in [2.75, 3.05) is 12.3 Å². The molecule has 5 heteroatoms. The normalized spacial score (nSPS) is 10.4. The lowest BCUT2D eigenvalue weighted by Gasteiger charge is -1.97. The lowest BCUT2D eigenvalue weighted by molar-refractivity contribution is 0.281. The van der Waals surface area contributed by atoms with Crippen molar-refractivity contribution in [3.63, 3.8) is 0 Å². The maximum Gasteiger partial charge on any atom is 0.165 e. The van der Waals surface area contributed by atoms with Crippen molar-refractivity contribution < 1.29 is 5.11 Å². The first-order valence-electron chi connectivity index (χ1n) is 4.09. The molecule has 0 fully saturated rings. The molecule has 0 atom stereocenters. The molecule has 1 heterocycles. The maximum atomic E-state index is 8.51. The van der Waals surface area contributed by atoms with E-state index < -0.39 is 0 Å². The van der Waals surface area contributed by atoms with Crippen LogP contribution in [0, 0.1) is 0 Å². The summed E-state index contributed by atoms with van der Waals surface area (Å²) in [5.74, 6) is 0.456. The Hall–Kier alpha value is -1.10. The van der Waals surface area contributed by atoms with Crippen LogP contribution < -0.4 is 5.73 Å². The van der Waals surface area contributed by atoms with Crippen LogP contribution in [0.5, 0.6) is 0 Å². The van der Waals surface area contributed by atoms with Gasteiger partial charge < -0.3 is 10.8 Å². The number of anilines is 1. The van der Waals surface area contributed by atoms with Crippen LogP contribution in [0.4, 0.5) is 5.82 Å². The second-order valence-corrected chi connectivity index (χ2v) is 2.69. The van der Waals surface area contributed by atoms with Gasteiger partial charge in [-0.15, -0.1) is 5.10 Å². The number of hydrogen-bond acceptors (Lipinski definition) is 4. The van der Waals surface area contributed by atoms with Crippen molar-refractivity contribution in [1.82, 2.24) is 15.0 Å². The van der Waals surface area contributed by atoms with E-state index in [1.165, 1.54) is 0 Å². The molecule has 5 nitrogen and oxygen atoms in total. The number of nitrogen functional groups attached to an aromatic ring is 1. The third-order valence-corrected chi connectivity index (χ3v) is 1.60. The summed E-state index contributed by atoms with van der Waals surface area (Å²) in [4.78, 5) is 0. The highest BCUT2D eigenvalue weighted by molar-refractivity contribution is 5.19. The molecular formula is C7H14N4O. The minimum Gasteiger partial charge on any atom is -0.396 e. The minimum absolute atomic E-state index is 0.263. The van der Waals surface area contributed by atoms with Gasteiger partial charge in [-0.3, -0.25) is 4.68 Å². The molecule has 1 rings (SSSR count). The van der Waals surface area contributed by atoms with Gasteiger partial charge in [0.1, 0.15) is 0 Å². The first-order valence-corrected chi connectivity index (χ1v) is 4.09. The van der Waals surface area contributed by atoms with E-state index in [4.69, 9.17) is 10.8 Å². The predicted octanol–water partition coefficient (Wildman–Crippen LogP) is 0.0229. The van der Waals surface area contributed by atoms with E-state index in [0.717, 1.165) is 25.8 Å². The largest absolute Gasteiger partial charge is 0.396 e. The second kappa shape index (κ2) is 4.71. The summed E-state index contributed by atoms with van der Waals surface area (Å²) in [6, 6.07) is 0. The maximum absolute atomic E-state index is 8.51. The highest BCUT2D eigenvalue weighted by Crippen LogP contribution is 1.99.